The zero-order valence-electron chi connectivity index (χ0n) is 15.2. The van der Waals surface area contributed by atoms with Crippen molar-refractivity contribution < 1.29 is 14.3 Å². The molecule has 25 heavy (non-hydrogen) atoms. The highest BCUT2D eigenvalue weighted by atomic mass is 35.5. The van der Waals surface area contributed by atoms with Crippen LogP contribution in [0, 0.1) is 5.92 Å². The number of methoxy groups -OCH3 is 2. The van der Waals surface area contributed by atoms with Gasteiger partial charge >= 0.3 is 0 Å². The number of hydrogen-bond acceptors (Lipinski definition) is 5. The van der Waals surface area contributed by atoms with Gasteiger partial charge in [0.1, 0.15) is 0 Å². The first-order chi connectivity index (χ1) is 11.7. The van der Waals surface area contributed by atoms with Crippen LogP contribution in [0.3, 0.4) is 0 Å². The summed E-state index contributed by atoms with van der Waals surface area (Å²) in [5.41, 5.74) is 0. The quantitative estimate of drug-likeness (QED) is 0.693. The second kappa shape index (κ2) is 11.5. The fourth-order valence-electron chi connectivity index (χ4n) is 3.07. The first-order valence-electron chi connectivity index (χ1n) is 8.45. The Balaban J connectivity index is 0.00000312. The third kappa shape index (κ3) is 6.60. The van der Waals surface area contributed by atoms with Crippen LogP contribution in [0.15, 0.2) is 23.1 Å². The van der Waals surface area contributed by atoms with Gasteiger partial charge in [-0.1, -0.05) is 0 Å². The van der Waals surface area contributed by atoms with Crippen molar-refractivity contribution in [1.29, 1.82) is 0 Å². The van der Waals surface area contributed by atoms with Crippen molar-refractivity contribution >= 4 is 30.1 Å². The van der Waals surface area contributed by atoms with E-state index in [1.54, 1.807) is 26.0 Å². The smallest absolute Gasteiger partial charge is 0.223 e. The molecule has 2 rings (SSSR count). The highest BCUT2D eigenvalue weighted by Crippen LogP contribution is 2.32. The molecule has 142 valence electrons. The van der Waals surface area contributed by atoms with Gasteiger partial charge in [0.15, 0.2) is 11.5 Å². The van der Waals surface area contributed by atoms with Gasteiger partial charge in [0, 0.05) is 30.2 Å². The number of piperidine rings is 1. The summed E-state index contributed by atoms with van der Waals surface area (Å²) in [6, 6.07) is 5.86. The highest BCUT2D eigenvalue weighted by Gasteiger charge is 2.22. The molecule has 7 heteroatoms. The van der Waals surface area contributed by atoms with Gasteiger partial charge in [0.05, 0.1) is 14.2 Å². The van der Waals surface area contributed by atoms with Gasteiger partial charge in [0.25, 0.3) is 0 Å². The van der Waals surface area contributed by atoms with Crippen LogP contribution in [0.25, 0.3) is 0 Å². The molecule has 1 atom stereocenters. The number of likely N-dealkylation sites (tertiary alicyclic amines) is 1. The van der Waals surface area contributed by atoms with Crippen LogP contribution in [0.5, 0.6) is 11.5 Å². The molecule has 1 heterocycles. The molecule has 0 spiro atoms. The lowest BCUT2D eigenvalue weighted by Crippen LogP contribution is -2.42. The van der Waals surface area contributed by atoms with Crippen molar-refractivity contribution in [2.24, 2.45) is 5.92 Å². The van der Waals surface area contributed by atoms with Crippen LogP contribution >= 0.6 is 24.2 Å². The summed E-state index contributed by atoms with van der Waals surface area (Å²) in [4.78, 5) is 15.5. The van der Waals surface area contributed by atoms with Crippen molar-refractivity contribution in [3.8, 4) is 11.5 Å². The van der Waals surface area contributed by atoms with Crippen molar-refractivity contribution in [3.05, 3.63) is 18.2 Å². The summed E-state index contributed by atoms with van der Waals surface area (Å²) in [6.45, 7) is 2.78. The standard InChI is InChI=1S/C18H28N2O3S.ClH/c1-19-12-14-5-4-9-20(13-14)18(21)8-10-24-15-6-7-16(22-2)17(11-15)23-3;/h6-7,11,14,19H,4-5,8-10,12-13H2,1-3H3;1H. The highest BCUT2D eigenvalue weighted by molar-refractivity contribution is 7.99. The summed E-state index contributed by atoms with van der Waals surface area (Å²) < 4.78 is 10.6. The summed E-state index contributed by atoms with van der Waals surface area (Å²) in [6.07, 6.45) is 2.90. The molecule has 1 aromatic rings. The molecular weight excluding hydrogens is 360 g/mol. The lowest BCUT2D eigenvalue weighted by atomic mass is 9.98. The lowest BCUT2D eigenvalue weighted by Gasteiger charge is -2.32. The number of thioether (sulfide) groups is 1. The average Bonchev–Trinajstić information content (AvgIpc) is 2.62. The number of carbonyl (C=O) groups is 1. The Labute approximate surface area is 161 Å². The van der Waals surface area contributed by atoms with E-state index in [9.17, 15) is 4.79 Å². The Morgan fingerprint density at radius 2 is 2.08 bits per heavy atom. The molecule has 0 aliphatic carbocycles. The molecule has 1 saturated heterocycles. The van der Waals surface area contributed by atoms with E-state index in [2.05, 4.69) is 5.32 Å². The van der Waals surface area contributed by atoms with Gasteiger partial charge in [-0.2, -0.15) is 0 Å². The fourth-order valence-corrected chi connectivity index (χ4v) is 3.93. The van der Waals surface area contributed by atoms with Gasteiger partial charge in [-0.15, -0.1) is 24.2 Å². The normalized spacial score (nSPS) is 16.9. The molecule has 0 radical (unpaired) electrons. The van der Waals surface area contributed by atoms with E-state index in [0.717, 1.165) is 48.2 Å². The molecular formula is C18H29ClN2O3S. The topological polar surface area (TPSA) is 50.8 Å². The van der Waals surface area contributed by atoms with Crippen molar-refractivity contribution in [2.75, 3.05) is 46.7 Å². The zero-order chi connectivity index (χ0) is 17.4. The predicted molar refractivity (Wildman–Crippen MR) is 105 cm³/mol. The molecule has 1 aromatic carbocycles. The van der Waals surface area contributed by atoms with Crippen molar-refractivity contribution in [3.63, 3.8) is 0 Å². The lowest BCUT2D eigenvalue weighted by molar-refractivity contribution is -0.132. The van der Waals surface area contributed by atoms with E-state index in [-0.39, 0.29) is 18.3 Å². The molecule has 1 N–H and O–H groups in total. The number of ether oxygens (including phenoxy) is 2. The van der Waals surface area contributed by atoms with E-state index in [0.29, 0.717) is 12.3 Å². The monoisotopic (exact) mass is 388 g/mol. The zero-order valence-corrected chi connectivity index (χ0v) is 16.9. The number of rotatable bonds is 8. The van der Waals surface area contributed by atoms with E-state index < -0.39 is 0 Å². The Kier molecular flexibility index (Phi) is 10.1. The van der Waals surface area contributed by atoms with Crippen LogP contribution < -0.4 is 14.8 Å². The third-order valence-electron chi connectivity index (χ3n) is 4.30. The van der Waals surface area contributed by atoms with Crippen LogP contribution in [0.4, 0.5) is 0 Å². The Morgan fingerprint density at radius 1 is 1.32 bits per heavy atom. The fraction of sp³-hybridized carbons (Fsp3) is 0.611. The minimum Gasteiger partial charge on any atom is -0.493 e. The SMILES string of the molecule is CNCC1CCCN(C(=O)CCSc2ccc(OC)c(OC)c2)C1.Cl. The Bertz CT molecular complexity index is 543. The first kappa shape index (κ1) is 21.9. The average molecular weight is 389 g/mol. The van der Waals surface area contributed by atoms with Crippen LogP contribution in [-0.2, 0) is 4.79 Å². The van der Waals surface area contributed by atoms with Crippen LogP contribution in [0.1, 0.15) is 19.3 Å². The van der Waals surface area contributed by atoms with E-state index in [1.807, 2.05) is 30.1 Å². The maximum Gasteiger partial charge on any atom is 0.223 e. The molecule has 1 amide bonds. The predicted octanol–water partition coefficient (Wildman–Crippen LogP) is 3.07. The minimum absolute atomic E-state index is 0. The number of nitrogens with zero attached hydrogens (tertiary/aromatic N) is 1. The van der Waals surface area contributed by atoms with E-state index in [4.69, 9.17) is 9.47 Å². The van der Waals surface area contributed by atoms with E-state index in [1.165, 1.54) is 6.42 Å². The van der Waals surface area contributed by atoms with Gasteiger partial charge in [-0.05, 0) is 50.6 Å². The number of nitrogens with one attached hydrogen (secondary N) is 1. The largest absolute Gasteiger partial charge is 0.493 e. The summed E-state index contributed by atoms with van der Waals surface area (Å²) in [7, 11) is 5.23. The maximum absolute atomic E-state index is 12.4. The van der Waals surface area contributed by atoms with Gasteiger partial charge in [-0.3, -0.25) is 4.79 Å². The summed E-state index contributed by atoms with van der Waals surface area (Å²) >= 11 is 1.68. The molecule has 0 saturated carbocycles. The van der Waals surface area contributed by atoms with Crippen LogP contribution in [0.2, 0.25) is 0 Å². The Hall–Kier alpha value is -1.11. The molecule has 1 aliphatic heterocycles. The number of carbonyl (C=O) groups excluding carboxylic acids is 1. The minimum atomic E-state index is 0. The molecule has 1 unspecified atom stereocenters. The molecule has 0 aromatic heterocycles. The van der Waals surface area contributed by atoms with Gasteiger partial charge < -0.3 is 19.7 Å². The molecule has 1 aliphatic rings. The van der Waals surface area contributed by atoms with Crippen molar-refractivity contribution in [2.45, 2.75) is 24.2 Å². The second-order valence-corrected chi connectivity index (χ2v) is 7.19. The number of benzene rings is 1. The Morgan fingerprint density at radius 3 is 2.76 bits per heavy atom. The molecule has 1 fully saturated rings. The number of halogens is 1. The third-order valence-corrected chi connectivity index (χ3v) is 5.30. The maximum atomic E-state index is 12.4. The summed E-state index contributed by atoms with van der Waals surface area (Å²) in [5, 5.41) is 3.22. The van der Waals surface area contributed by atoms with Crippen molar-refractivity contribution in [1.82, 2.24) is 10.2 Å². The number of hydrogen-bond donors (Lipinski definition) is 1. The number of amides is 1. The summed E-state index contributed by atoms with van der Waals surface area (Å²) in [5.74, 6) is 3.08. The van der Waals surface area contributed by atoms with E-state index >= 15 is 0 Å². The second-order valence-electron chi connectivity index (χ2n) is 6.02. The molecule has 0 bridgehead atoms. The van der Waals surface area contributed by atoms with Gasteiger partial charge in [-0.25, -0.2) is 0 Å². The van der Waals surface area contributed by atoms with Gasteiger partial charge in [0.2, 0.25) is 5.91 Å². The molecule has 5 nitrogen and oxygen atoms in total. The first-order valence-corrected chi connectivity index (χ1v) is 9.43. The van der Waals surface area contributed by atoms with Crippen LogP contribution in [-0.4, -0.2) is 57.5 Å².